The topological polar surface area (TPSA) is 42.2 Å². The van der Waals surface area contributed by atoms with E-state index in [2.05, 4.69) is 42.8 Å². The van der Waals surface area contributed by atoms with Gasteiger partial charge in [0.15, 0.2) is 0 Å². The van der Waals surface area contributed by atoms with Gasteiger partial charge in [-0.1, -0.05) is 0 Å². The molecule has 0 aliphatic rings. The van der Waals surface area contributed by atoms with Crippen molar-refractivity contribution in [3.05, 3.63) is 39.8 Å². The smallest absolute Gasteiger partial charge is 0.112 e. The third-order valence-corrected chi connectivity index (χ3v) is 4.10. The first-order valence-corrected chi connectivity index (χ1v) is 6.95. The molecule has 3 nitrogen and oxygen atoms in total. The van der Waals surface area contributed by atoms with Crippen molar-refractivity contribution in [2.45, 2.75) is 27.3 Å². The zero-order valence-electron chi connectivity index (χ0n) is 11.1. The van der Waals surface area contributed by atoms with Gasteiger partial charge in [-0.3, -0.25) is 0 Å². The Labute approximate surface area is 112 Å². The molecule has 1 aromatic carbocycles. The minimum atomic E-state index is 0.802. The predicted molar refractivity (Wildman–Crippen MR) is 79.2 cm³/mol. The van der Waals surface area contributed by atoms with E-state index in [-0.39, 0.29) is 0 Å². The van der Waals surface area contributed by atoms with E-state index in [9.17, 15) is 0 Å². The number of hydrogen-bond donors (Lipinski definition) is 1. The zero-order valence-corrected chi connectivity index (χ0v) is 11.9. The van der Waals surface area contributed by atoms with Crippen LogP contribution in [-0.4, -0.2) is 11.5 Å². The normalized spacial score (nSPS) is 10.6. The van der Waals surface area contributed by atoms with Gasteiger partial charge in [0.2, 0.25) is 0 Å². The van der Waals surface area contributed by atoms with Crippen LogP contribution in [0.3, 0.4) is 0 Å². The van der Waals surface area contributed by atoms with E-state index in [1.165, 1.54) is 15.6 Å². The standard InChI is InChI=1S/C14H19N3S/c1-4-17(13-7-5-12(15)6-8-13)9-14-16-10(2)11(3)18-14/h5-8H,4,9,15H2,1-3H3. The molecule has 0 amide bonds. The van der Waals surface area contributed by atoms with Gasteiger partial charge >= 0.3 is 0 Å². The summed E-state index contributed by atoms with van der Waals surface area (Å²) < 4.78 is 0. The maximum Gasteiger partial charge on any atom is 0.112 e. The molecule has 0 fully saturated rings. The highest BCUT2D eigenvalue weighted by Gasteiger charge is 2.09. The van der Waals surface area contributed by atoms with Gasteiger partial charge in [0.25, 0.3) is 0 Å². The minimum absolute atomic E-state index is 0.802. The Morgan fingerprint density at radius 1 is 1.22 bits per heavy atom. The van der Waals surface area contributed by atoms with Crippen LogP contribution in [0.4, 0.5) is 11.4 Å². The van der Waals surface area contributed by atoms with Crippen LogP contribution in [-0.2, 0) is 6.54 Å². The van der Waals surface area contributed by atoms with Crippen LogP contribution in [0.15, 0.2) is 24.3 Å². The number of nitrogen functional groups attached to an aromatic ring is 1. The number of anilines is 2. The van der Waals surface area contributed by atoms with Crippen LogP contribution in [0, 0.1) is 13.8 Å². The van der Waals surface area contributed by atoms with E-state index in [0.717, 1.165) is 24.5 Å². The van der Waals surface area contributed by atoms with Gasteiger partial charge in [-0.15, -0.1) is 11.3 Å². The SMILES string of the molecule is CCN(Cc1nc(C)c(C)s1)c1ccc(N)cc1. The molecular formula is C14H19N3S. The number of aromatic nitrogens is 1. The quantitative estimate of drug-likeness (QED) is 0.858. The van der Waals surface area contributed by atoms with E-state index in [1.54, 1.807) is 11.3 Å². The summed E-state index contributed by atoms with van der Waals surface area (Å²) in [6.45, 7) is 8.16. The van der Waals surface area contributed by atoms with Gasteiger partial charge in [0.1, 0.15) is 5.01 Å². The average molecular weight is 261 g/mol. The summed E-state index contributed by atoms with van der Waals surface area (Å²) >= 11 is 1.78. The fraction of sp³-hybridized carbons (Fsp3) is 0.357. The van der Waals surface area contributed by atoms with Crippen molar-refractivity contribution in [3.63, 3.8) is 0 Å². The summed E-state index contributed by atoms with van der Waals surface area (Å²) in [6, 6.07) is 8.00. The Hall–Kier alpha value is -1.55. The molecule has 4 heteroatoms. The summed E-state index contributed by atoms with van der Waals surface area (Å²) in [7, 11) is 0. The summed E-state index contributed by atoms with van der Waals surface area (Å²) in [5.74, 6) is 0. The molecule has 1 heterocycles. The second kappa shape index (κ2) is 5.40. The third-order valence-electron chi connectivity index (χ3n) is 3.04. The van der Waals surface area contributed by atoms with Crippen molar-refractivity contribution < 1.29 is 0 Å². The molecule has 2 N–H and O–H groups in total. The van der Waals surface area contributed by atoms with Crippen LogP contribution >= 0.6 is 11.3 Å². The van der Waals surface area contributed by atoms with Crippen LogP contribution in [0.5, 0.6) is 0 Å². The third kappa shape index (κ3) is 2.82. The largest absolute Gasteiger partial charge is 0.399 e. The van der Waals surface area contributed by atoms with Crippen LogP contribution in [0.2, 0.25) is 0 Å². The molecule has 2 aromatic rings. The highest BCUT2D eigenvalue weighted by molar-refractivity contribution is 7.11. The van der Waals surface area contributed by atoms with Gasteiger partial charge in [-0.2, -0.15) is 0 Å². The molecule has 96 valence electrons. The second-order valence-corrected chi connectivity index (χ2v) is 5.64. The van der Waals surface area contributed by atoms with Crippen molar-refractivity contribution in [1.29, 1.82) is 0 Å². The average Bonchev–Trinajstić information content (AvgIpc) is 2.67. The Morgan fingerprint density at radius 2 is 1.89 bits per heavy atom. The molecule has 2 rings (SSSR count). The molecule has 1 aromatic heterocycles. The van der Waals surface area contributed by atoms with Crippen molar-refractivity contribution >= 4 is 22.7 Å². The Morgan fingerprint density at radius 3 is 2.39 bits per heavy atom. The Kier molecular flexibility index (Phi) is 3.87. The molecule has 0 aliphatic heterocycles. The van der Waals surface area contributed by atoms with E-state index >= 15 is 0 Å². The van der Waals surface area contributed by atoms with Crippen molar-refractivity contribution in [1.82, 2.24) is 4.98 Å². The monoisotopic (exact) mass is 261 g/mol. The first-order valence-electron chi connectivity index (χ1n) is 6.13. The first-order chi connectivity index (χ1) is 8.60. The van der Waals surface area contributed by atoms with E-state index in [4.69, 9.17) is 5.73 Å². The van der Waals surface area contributed by atoms with E-state index < -0.39 is 0 Å². The Balaban J connectivity index is 2.16. The lowest BCUT2D eigenvalue weighted by atomic mass is 10.2. The number of rotatable bonds is 4. The lowest BCUT2D eigenvalue weighted by Crippen LogP contribution is -2.21. The Bertz CT molecular complexity index is 497. The molecule has 0 atom stereocenters. The van der Waals surface area contributed by atoms with E-state index in [0.29, 0.717) is 0 Å². The zero-order chi connectivity index (χ0) is 13.1. The lowest BCUT2D eigenvalue weighted by molar-refractivity contribution is 0.823. The van der Waals surface area contributed by atoms with Gasteiger partial charge in [0.05, 0.1) is 12.2 Å². The molecule has 18 heavy (non-hydrogen) atoms. The summed E-state index contributed by atoms with van der Waals surface area (Å²) in [5.41, 5.74) is 8.85. The molecule has 0 bridgehead atoms. The highest BCUT2D eigenvalue weighted by atomic mass is 32.1. The van der Waals surface area contributed by atoms with Gasteiger partial charge in [-0.05, 0) is 45.0 Å². The number of thiazole rings is 1. The fourth-order valence-electron chi connectivity index (χ4n) is 1.84. The van der Waals surface area contributed by atoms with Crippen molar-refractivity contribution in [2.75, 3.05) is 17.2 Å². The van der Waals surface area contributed by atoms with Gasteiger partial charge in [0, 0.05) is 22.8 Å². The molecule has 0 saturated heterocycles. The minimum Gasteiger partial charge on any atom is -0.399 e. The molecule has 0 spiro atoms. The fourth-order valence-corrected chi connectivity index (χ4v) is 2.79. The number of aryl methyl sites for hydroxylation is 2. The highest BCUT2D eigenvalue weighted by Crippen LogP contribution is 2.22. The number of nitrogens with zero attached hydrogens (tertiary/aromatic N) is 2. The summed E-state index contributed by atoms with van der Waals surface area (Å²) in [6.07, 6.45) is 0. The number of benzene rings is 1. The van der Waals surface area contributed by atoms with Gasteiger partial charge < -0.3 is 10.6 Å². The molecule has 0 unspecified atom stereocenters. The van der Waals surface area contributed by atoms with Crippen LogP contribution in [0.25, 0.3) is 0 Å². The van der Waals surface area contributed by atoms with Gasteiger partial charge in [-0.25, -0.2) is 4.98 Å². The molecule has 0 aliphatic carbocycles. The molecule has 0 saturated carbocycles. The second-order valence-electron chi connectivity index (χ2n) is 4.35. The maximum atomic E-state index is 5.72. The van der Waals surface area contributed by atoms with Crippen LogP contribution in [0.1, 0.15) is 22.5 Å². The maximum absolute atomic E-state index is 5.72. The number of hydrogen-bond acceptors (Lipinski definition) is 4. The summed E-state index contributed by atoms with van der Waals surface area (Å²) in [4.78, 5) is 8.20. The van der Waals surface area contributed by atoms with Crippen molar-refractivity contribution in [2.24, 2.45) is 0 Å². The first kappa shape index (κ1) is 12.9. The van der Waals surface area contributed by atoms with E-state index in [1.807, 2.05) is 12.1 Å². The van der Waals surface area contributed by atoms with Crippen LogP contribution < -0.4 is 10.6 Å². The number of nitrogens with two attached hydrogens (primary N) is 1. The van der Waals surface area contributed by atoms with Crippen molar-refractivity contribution in [3.8, 4) is 0 Å². The lowest BCUT2D eigenvalue weighted by Gasteiger charge is -2.21. The molecular weight excluding hydrogens is 242 g/mol. The predicted octanol–water partition coefficient (Wildman–Crippen LogP) is 3.37. The summed E-state index contributed by atoms with van der Waals surface area (Å²) in [5, 5.41) is 1.17. The molecule has 0 radical (unpaired) electrons.